The van der Waals surface area contributed by atoms with E-state index in [4.69, 9.17) is 0 Å². The summed E-state index contributed by atoms with van der Waals surface area (Å²) in [5.74, 6) is 1.43. The minimum Gasteiger partial charge on any atom is -0.351 e. The fourth-order valence-corrected chi connectivity index (χ4v) is 4.40. The number of amides is 2. The zero-order valence-electron chi connectivity index (χ0n) is 18.7. The molecule has 0 radical (unpaired) electrons. The van der Waals surface area contributed by atoms with Gasteiger partial charge in [-0.2, -0.15) is 0 Å². The third-order valence-corrected chi connectivity index (χ3v) is 6.24. The highest BCUT2D eigenvalue weighted by molar-refractivity contribution is 5.94. The molecule has 0 unspecified atom stereocenters. The van der Waals surface area contributed by atoms with Gasteiger partial charge in [-0.3, -0.25) is 14.6 Å². The molecule has 3 rings (SSSR count). The Balaban J connectivity index is 1.58. The molecule has 0 bridgehead atoms. The second kappa shape index (κ2) is 10.9. The Labute approximate surface area is 185 Å². The molecule has 31 heavy (non-hydrogen) atoms. The van der Waals surface area contributed by atoms with Gasteiger partial charge >= 0.3 is 0 Å². The largest absolute Gasteiger partial charge is 0.351 e. The van der Waals surface area contributed by atoms with Gasteiger partial charge in [0.2, 0.25) is 5.91 Å². The van der Waals surface area contributed by atoms with Gasteiger partial charge in [0.05, 0.1) is 12.2 Å². The summed E-state index contributed by atoms with van der Waals surface area (Å²) in [6.45, 7) is 7.63. The van der Waals surface area contributed by atoms with Crippen LogP contribution in [0.1, 0.15) is 49.7 Å². The van der Waals surface area contributed by atoms with E-state index in [0.717, 1.165) is 12.1 Å². The molecule has 2 amide bonds. The molecule has 3 atom stereocenters. The lowest BCUT2D eigenvalue weighted by molar-refractivity contribution is -0.122. The average Bonchev–Trinajstić information content (AvgIpc) is 2.78. The summed E-state index contributed by atoms with van der Waals surface area (Å²) in [6.07, 6.45) is 5.46. The Hall–Kier alpha value is -2.95. The maximum absolute atomic E-state index is 12.5. The topological polar surface area (TPSA) is 71.1 Å². The number of benzene rings is 1. The predicted molar refractivity (Wildman–Crippen MR) is 123 cm³/mol. The zero-order chi connectivity index (χ0) is 22.2. The number of nitrogens with one attached hydrogen (secondary N) is 2. The van der Waals surface area contributed by atoms with Gasteiger partial charge in [0.1, 0.15) is 0 Å². The maximum Gasteiger partial charge on any atom is 0.251 e. The summed E-state index contributed by atoms with van der Waals surface area (Å²) in [5, 5.41) is 6.09. The summed E-state index contributed by atoms with van der Waals surface area (Å²) in [4.78, 5) is 29.2. The monoisotopic (exact) mass is 419 g/mol. The van der Waals surface area contributed by atoms with E-state index in [1.807, 2.05) is 48.5 Å². The summed E-state index contributed by atoms with van der Waals surface area (Å²) < 4.78 is 0. The molecule has 1 aromatic carbocycles. The molecule has 0 fully saturated rings. The van der Waals surface area contributed by atoms with Crippen LogP contribution < -0.4 is 10.6 Å². The first kappa shape index (κ1) is 22.7. The summed E-state index contributed by atoms with van der Waals surface area (Å²) in [6, 6.07) is 15.0. The molecule has 1 aliphatic rings. The van der Waals surface area contributed by atoms with Crippen LogP contribution in [0.5, 0.6) is 0 Å². The lowest BCUT2D eigenvalue weighted by atomic mass is 9.69. The van der Waals surface area contributed by atoms with Crippen molar-refractivity contribution < 1.29 is 9.59 Å². The molecule has 164 valence electrons. The van der Waals surface area contributed by atoms with Crippen molar-refractivity contribution in [2.45, 2.75) is 40.2 Å². The Morgan fingerprint density at radius 1 is 1.06 bits per heavy atom. The highest BCUT2D eigenvalue weighted by Crippen LogP contribution is 2.38. The first-order chi connectivity index (χ1) is 14.9. The standard InChI is InChI=1S/C26H33N3O2/c1-18(2)24-14-21(15-25(30)28-17-23-11-7-8-12-27-23)19(3)13-22(24)16-29-26(31)20-9-5-4-6-10-20/h4-13,18,21-22,24H,14-17H2,1-3H3,(H,28,30)(H,29,31)/t21-,22-,24-/m0/s1. The van der Waals surface area contributed by atoms with Gasteiger partial charge in [-0.05, 0) is 61.3 Å². The number of hydrogen-bond donors (Lipinski definition) is 2. The Bertz CT molecular complexity index is 893. The van der Waals surface area contributed by atoms with Crippen LogP contribution in [-0.2, 0) is 11.3 Å². The lowest BCUT2D eigenvalue weighted by Gasteiger charge is -2.37. The second-order valence-electron chi connectivity index (χ2n) is 8.79. The minimum absolute atomic E-state index is 0.0369. The van der Waals surface area contributed by atoms with Crippen molar-refractivity contribution >= 4 is 11.8 Å². The van der Waals surface area contributed by atoms with E-state index in [0.29, 0.717) is 36.9 Å². The molecule has 1 aromatic heterocycles. The van der Waals surface area contributed by atoms with E-state index < -0.39 is 0 Å². The normalized spacial score (nSPS) is 20.8. The second-order valence-corrected chi connectivity index (χ2v) is 8.79. The number of rotatable bonds is 8. The van der Waals surface area contributed by atoms with E-state index in [1.54, 1.807) is 6.20 Å². The van der Waals surface area contributed by atoms with Gasteiger partial charge in [0.15, 0.2) is 0 Å². The smallest absolute Gasteiger partial charge is 0.251 e. The number of carbonyl (C=O) groups excluding carboxylic acids is 2. The van der Waals surface area contributed by atoms with Crippen LogP contribution in [0.15, 0.2) is 66.4 Å². The molecule has 0 spiro atoms. The molecule has 2 N–H and O–H groups in total. The number of nitrogens with zero attached hydrogens (tertiary/aromatic N) is 1. The third-order valence-electron chi connectivity index (χ3n) is 6.24. The lowest BCUT2D eigenvalue weighted by Crippen LogP contribution is -2.37. The van der Waals surface area contributed by atoms with E-state index >= 15 is 0 Å². The first-order valence-electron chi connectivity index (χ1n) is 11.1. The van der Waals surface area contributed by atoms with Crippen molar-refractivity contribution in [2.24, 2.45) is 23.7 Å². The van der Waals surface area contributed by atoms with Crippen molar-refractivity contribution in [3.8, 4) is 0 Å². The quantitative estimate of drug-likeness (QED) is 0.624. The predicted octanol–water partition coefficient (Wildman–Crippen LogP) is 4.37. The maximum atomic E-state index is 12.5. The molecule has 2 aromatic rings. The van der Waals surface area contributed by atoms with Crippen molar-refractivity contribution in [1.29, 1.82) is 0 Å². The highest BCUT2D eigenvalue weighted by atomic mass is 16.2. The van der Waals surface area contributed by atoms with Crippen LogP contribution in [0, 0.1) is 23.7 Å². The molecule has 1 heterocycles. The number of aromatic nitrogens is 1. The van der Waals surface area contributed by atoms with E-state index in [2.05, 4.69) is 42.5 Å². The molecule has 0 saturated heterocycles. The summed E-state index contributed by atoms with van der Waals surface area (Å²) >= 11 is 0. The molecule has 5 heteroatoms. The highest BCUT2D eigenvalue weighted by Gasteiger charge is 2.32. The van der Waals surface area contributed by atoms with E-state index in [1.165, 1.54) is 5.57 Å². The van der Waals surface area contributed by atoms with Gasteiger partial charge in [-0.25, -0.2) is 0 Å². The van der Waals surface area contributed by atoms with Crippen molar-refractivity contribution in [1.82, 2.24) is 15.6 Å². The van der Waals surface area contributed by atoms with E-state index in [9.17, 15) is 9.59 Å². The van der Waals surface area contributed by atoms with Crippen LogP contribution >= 0.6 is 0 Å². The van der Waals surface area contributed by atoms with Crippen molar-refractivity contribution in [3.63, 3.8) is 0 Å². The van der Waals surface area contributed by atoms with Crippen molar-refractivity contribution in [2.75, 3.05) is 6.54 Å². The average molecular weight is 420 g/mol. The van der Waals surface area contributed by atoms with Gasteiger partial charge in [0, 0.05) is 24.7 Å². The number of carbonyl (C=O) groups is 2. The summed E-state index contributed by atoms with van der Waals surface area (Å²) in [7, 11) is 0. The summed E-state index contributed by atoms with van der Waals surface area (Å²) in [5.41, 5.74) is 2.78. The van der Waals surface area contributed by atoms with Gasteiger partial charge in [-0.15, -0.1) is 0 Å². The fourth-order valence-electron chi connectivity index (χ4n) is 4.40. The van der Waals surface area contributed by atoms with Gasteiger partial charge < -0.3 is 10.6 Å². The first-order valence-corrected chi connectivity index (χ1v) is 11.1. The molecular weight excluding hydrogens is 386 g/mol. The molecule has 1 aliphatic carbocycles. The Morgan fingerprint density at radius 3 is 2.48 bits per heavy atom. The van der Waals surface area contributed by atoms with Crippen LogP contribution in [0.25, 0.3) is 0 Å². The van der Waals surface area contributed by atoms with Crippen LogP contribution in [0.2, 0.25) is 0 Å². The molecular formula is C26H33N3O2. The Kier molecular flexibility index (Phi) is 7.99. The third kappa shape index (κ3) is 6.51. The number of hydrogen-bond acceptors (Lipinski definition) is 3. The van der Waals surface area contributed by atoms with E-state index in [-0.39, 0.29) is 23.7 Å². The van der Waals surface area contributed by atoms with Crippen LogP contribution in [-0.4, -0.2) is 23.3 Å². The zero-order valence-corrected chi connectivity index (χ0v) is 18.7. The molecule has 5 nitrogen and oxygen atoms in total. The SMILES string of the molecule is CC1=C[C@@H](CNC(=O)c2ccccc2)[C@H](C(C)C)C[C@H]1CC(=O)NCc1ccccn1. The van der Waals surface area contributed by atoms with Crippen LogP contribution in [0.3, 0.4) is 0 Å². The fraction of sp³-hybridized carbons (Fsp3) is 0.423. The number of allylic oxidation sites excluding steroid dienone is 1. The van der Waals surface area contributed by atoms with Gasteiger partial charge in [-0.1, -0.05) is 49.8 Å². The van der Waals surface area contributed by atoms with Crippen molar-refractivity contribution in [3.05, 3.63) is 77.6 Å². The van der Waals surface area contributed by atoms with Crippen LogP contribution in [0.4, 0.5) is 0 Å². The number of pyridine rings is 1. The molecule has 0 aliphatic heterocycles. The minimum atomic E-state index is -0.0369. The Morgan fingerprint density at radius 2 is 1.81 bits per heavy atom. The van der Waals surface area contributed by atoms with Gasteiger partial charge in [0.25, 0.3) is 5.91 Å². The molecule has 0 saturated carbocycles.